The van der Waals surface area contributed by atoms with Gasteiger partial charge >= 0.3 is 0 Å². The van der Waals surface area contributed by atoms with Crippen LogP contribution in [-0.2, 0) is 0 Å². The summed E-state index contributed by atoms with van der Waals surface area (Å²) >= 11 is 0. The first-order valence-electron chi connectivity index (χ1n) is 3.48. The van der Waals surface area contributed by atoms with Crippen LogP contribution in [0.4, 0.5) is 0 Å². The first kappa shape index (κ1) is 6.78. The van der Waals surface area contributed by atoms with Gasteiger partial charge in [-0.3, -0.25) is 0 Å². The summed E-state index contributed by atoms with van der Waals surface area (Å²) in [6.45, 7) is 0.653. The van der Waals surface area contributed by atoms with Crippen molar-refractivity contribution in [2.45, 2.75) is 25.7 Å². The SMILES string of the molecule is ONCC1=CCCCC1. The second kappa shape index (κ2) is 3.64. The Balaban J connectivity index is 2.28. The lowest BCUT2D eigenvalue weighted by molar-refractivity contribution is 0.175. The van der Waals surface area contributed by atoms with Gasteiger partial charge in [-0.05, 0) is 25.7 Å². The van der Waals surface area contributed by atoms with E-state index in [9.17, 15) is 0 Å². The standard InChI is InChI=1S/C7H13NO/c9-8-6-7-4-2-1-3-5-7/h4,8-9H,1-3,5-6H2. The number of allylic oxidation sites excluding steroid dienone is 1. The number of hydroxylamine groups is 1. The summed E-state index contributed by atoms with van der Waals surface area (Å²) in [6, 6.07) is 0. The summed E-state index contributed by atoms with van der Waals surface area (Å²) in [7, 11) is 0. The van der Waals surface area contributed by atoms with Crippen LogP contribution in [0.3, 0.4) is 0 Å². The molecule has 0 aromatic heterocycles. The third-order valence-corrected chi connectivity index (χ3v) is 1.69. The number of nitrogens with one attached hydrogen (secondary N) is 1. The molecular formula is C7H13NO. The van der Waals surface area contributed by atoms with Crippen LogP contribution in [0.15, 0.2) is 11.6 Å². The van der Waals surface area contributed by atoms with E-state index in [1.54, 1.807) is 0 Å². The number of hydrogen-bond donors (Lipinski definition) is 2. The maximum Gasteiger partial charge on any atom is 0.0417 e. The van der Waals surface area contributed by atoms with Crippen LogP contribution >= 0.6 is 0 Å². The van der Waals surface area contributed by atoms with Crippen LogP contribution in [0.5, 0.6) is 0 Å². The van der Waals surface area contributed by atoms with Crippen LogP contribution in [0.2, 0.25) is 0 Å². The van der Waals surface area contributed by atoms with Crippen molar-refractivity contribution in [3.05, 3.63) is 11.6 Å². The van der Waals surface area contributed by atoms with Gasteiger partial charge in [0.1, 0.15) is 0 Å². The highest BCUT2D eigenvalue weighted by atomic mass is 16.5. The molecule has 0 bridgehead atoms. The molecule has 9 heavy (non-hydrogen) atoms. The van der Waals surface area contributed by atoms with Gasteiger partial charge in [-0.25, -0.2) is 5.48 Å². The fraction of sp³-hybridized carbons (Fsp3) is 0.714. The molecule has 2 nitrogen and oxygen atoms in total. The van der Waals surface area contributed by atoms with Gasteiger partial charge in [0.25, 0.3) is 0 Å². The Hall–Kier alpha value is -0.340. The molecule has 52 valence electrons. The van der Waals surface area contributed by atoms with Crippen molar-refractivity contribution < 1.29 is 5.21 Å². The molecule has 1 aliphatic rings. The average Bonchev–Trinajstić information content (AvgIpc) is 1.91. The van der Waals surface area contributed by atoms with Crippen molar-refractivity contribution >= 4 is 0 Å². The normalized spacial score (nSPS) is 19.4. The highest BCUT2D eigenvalue weighted by molar-refractivity contribution is 5.05. The van der Waals surface area contributed by atoms with Gasteiger partial charge in [-0.15, -0.1) is 0 Å². The van der Waals surface area contributed by atoms with Gasteiger partial charge in [0, 0.05) is 6.54 Å². The molecule has 2 N–H and O–H groups in total. The largest absolute Gasteiger partial charge is 0.317 e. The summed E-state index contributed by atoms with van der Waals surface area (Å²) in [5.41, 5.74) is 3.52. The van der Waals surface area contributed by atoms with Gasteiger partial charge in [-0.2, -0.15) is 0 Å². The lowest BCUT2D eigenvalue weighted by atomic mass is 10.00. The molecule has 0 unspecified atom stereocenters. The summed E-state index contributed by atoms with van der Waals surface area (Å²) in [6.07, 6.45) is 7.17. The molecule has 0 saturated heterocycles. The highest BCUT2D eigenvalue weighted by Gasteiger charge is 2.00. The number of hydrogen-bond acceptors (Lipinski definition) is 2. The fourth-order valence-electron chi connectivity index (χ4n) is 1.17. The Labute approximate surface area is 55.5 Å². The van der Waals surface area contributed by atoms with E-state index < -0.39 is 0 Å². The highest BCUT2D eigenvalue weighted by Crippen LogP contribution is 2.15. The second-order valence-electron chi connectivity index (χ2n) is 2.44. The number of rotatable bonds is 2. The molecule has 0 radical (unpaired) electrons. The van der Waals surface area contributed by atoms with Crippen LogP contribution < -0.4 is 5.48 Å². The van der Waals surface area contributed by atoms with E-state index in [1.165, 1.54) is 24.8 Å². The lowest BCUT2D eigenvalue weighted by Gasteiger charge is -2.10. The van der Waals surface area contributed by atoms with Crippen molar-refractivity contribution in [1.82, 2.24) is 5.48 Å². The Kier molecular flexibility index (Phi) is 2.74. The lowest BCUT2D eigenvalue weighted by Crippen LogP contribution is -2.12. The Morgan fingerprint density at radius 1 is 1.56 bits per heavy atom. The molecule has 0 heterocycles. The smallest absolute Gasteiger partial charge is 0.0417 e. The van der Waals surface area contributed by atoms with Crippen LogP contribution in [-0.4, -0.2) is 11.8 Å². The topological polar surface area (TPSA) is 32.3 Å². The third kappa shape index (κ3) is 2.16. The molecule has 0 fully saturated rings. The van der Waals surface area contributed by atoms with Gasteiger partial charge in [0.05, 0.1) is 0 Å². The monoisotopic (exact) mass is 127 g/mol. The molecule has 0 saturated carbocycles. The summed E-state index contributed by atoms with van der Waals surface area (Å²) < 4.78 is 0. The Morgan fingerprint density at radius 2 is 2.44 bits per heavy atom. The van der Waals surface area contributed by atoms with Gasteiger partial charge < -0.3 is 5.21 Å². The second-order valence-corrected chi connectivity index (χ2v) is 2.44. The molecule has 0 spiro atoms. The molecular weight excluding hydrogens is 114 g/mol. The van der Waals surface area contributed by atoms with Gasteiger partial charge in [0.2, 0.25) is 0 Å². The molecule has 2 heteroatoms. The molecule has 0 aliphatic heterocycles. The van der Waals surface area contributed by atoms with Crippen molar-refractivity contribution in [1.29, 1.82) is 0 Å². The minimum atomic E-state index is 0.653. The molecule has 1 rings (SSSR count). The van der Waals surface area contributed by atoms with Crippen LogP contribution in [0.1, 0.15) is 25.7 Å². The Morgan fingerprint density at radius 3 is 3.00 bits per heavy atom. The maximum absolute atomic E-state index is 8.33. The summed E-state index contributed by atoms with van der Waals surface area (Å²) in [5.74, 6) is 0. The predicted octanol–water partition coefficient (Wildman–Crippen LogP) is 1.47. The summed E-state index contributed by atoms with van der Waals surface area (Å²) in [5, 5.41) is 8.33. The van der Waals surface area contributed by atoms with E-state index in [-0.39, 0.29) is 0 Å². The van der Waals surface area contributed by atoms with E-state index in [0.29, 0.717) is 6.54 Å². The van der Waals surface area contributed by atoms with Crippen molar-refractivity contribution in [3.63, 3.8) is 0 Å². The summed E-state index contributed by atoms with van der Waals surface area (Å²) in [4.78, 5) is 0. The quantitative estimate of drug-likeness (QED) is 0.435. The molecule has 0 aromatic carbocycles. The third-order valence-electron chi connectivity index (χ3n) is 1.69. The fourth-order valence-corrected chi connectivity index (χ4v) is 1.17. The minimum Gasteiger partial charge on any atom is -0.317 e. The average molecular weight is 127 g/mol. The Bertz CT molecular complexity index is 109. The zero-order valence-corrected chi connectivity index (χ0v) is 5.56. The zero-order chi connectivity index (χ0) is 6.53. The first-order chi connectivity index (χ1) is 4.43. The maximum atomic E-state index is 8.33. The van der Waals surface area contributed by atoms with Crippen molar-refractivity contribution in [2.75, 3.05) is 6.54 Å². The van der Waals surface area contributed by atoms with E-state index in [0.717, 1.165) is 6.42 Å². The van der Waals surface area contributed by atoms with Crippen molar-refractivity contribution in [3.8, 4) is 0 Å². The van der Waals surface area contributed by atoms with Gasteiger partial charge in [-0.1, -0.05) is 11.6 Å². The van der Waals surface area contributed by atoms with Crippen molar-refractivity contribution in [2.24, 2.45) is 0 Å². The molecule has 0 aromatic rings. The molecule has 1 aliphatic carbocycles. The minimum absolute atomic E-state index is 0.653. The van der Waals surface area contributed by atoms with E-state index in [1.807, 2.05) is 0 Å². The van der Waals surface area contributed by atoms with E-state index >= 15 is 0 Å². The van der Waals surface area contributed by atoms with Crippen LogP contribution in [0.25, 0.3) is 0 Å². The zero-order valence-electron chi connectivity index (χ0n) is 5.56. The van der Waals surface area contributed by atoms with Gasteiger partial charge in [0.15, 0.2) is 0 Å². The van der Waals surface area contributed by atoms with E-state index in [4.69, 9.17) is 5.21 Å². The first-order valence-corrected chi connectivity index (χ1v) is 3.48. The molecule has 0 atom stereocenters. The molecule has 0 amide bonds. The predicted molar refractivity (Wildman–Crippen MR) is 36.3 cm³/mol. The van der Waals surface area contributed by atoms with Crippen LogP contribution in [0, 0.1) is 0 Å². The van der Waals surface area contributed by atoms with E-state index in [2.05, 4.69) is 11.6 Å².